The van der Waals surface area contributed by atoms with Gasteiger partial charge < -0.3 is 25.4 Å². The van der Waals surface area contributed by atoms with E-state index >= 15 is 0 Å². The first-order valence-corrected chi connectivity index (χ1v) is 17.4. The van der Waals surface area contributed by atoms with E-state index in [0.29, 0.717) is 78.2 Å². The van der Waals surface area contributed by atoms with Gasteiger partial charge in [0.1, 0.15) is 12.4 Å². The molecule has 0 aromatic heterocycles. The summed E-state index contributed by atoms with van der Waals surface area (Å²) in [6.07, 6.45) is 2.28. The predicted octanol–water partition coefficient (Wildman–Crippen LogP) is 0.970. The summed E-state index contributed by atoms with van der Waals surface area (Å²) in [5, 5.41) is 31.6. The number of rotatable bonds is 20. The highest BCUT2D eigenvalue weighted by molar-refractivity contribution is 5.85. The summed E-state index contributed by atoms with van der Waals surface area (Å²) in [5.41, 5.74) is 3.19. The lowest BCUT2D eigenvalue weighted by molar-refractivity contribution is -0.140. The minimum absolute atomic E-state index is 0.00685. The maximum atomic E-state index is 13.2. The van der Waals surface area contributed by atoms with Gasteiger partial charge in [0, 0.05) is 72.4 Å². The van der Waals surface area contributed by atoms with E-state index in [4.69, 9.17) is 4.74 Å². The van der Waals surface area contributed by atoms with E-state index in [9.17, 15) is 39.3 Å². The molecule has 0 saturated carbocycles. The van der Waals surface area contributed by atoms with E-state index in [0.717, 1.165) is 17.5 Å². The van der Waals surface area contributed by atoms with Gasteiger partial charge in [0.15, 0.2) is 5.78 Å². The number of carboxylic acid groups (broad SMARTS) is 3. The molecule has 0 radical (unpaired) electrons. The van der Waals surface area contributed by atoms with Gasteiger partial charge in [-0.2, -0.15) is 0 Å². The van der Waals surface area contributed by atoms with E-state index in [1.807, 2.05) is 59.5 Å². The van der Waals surface area contributed by atoms with Crippen molar-refractivity contribution in [3.05, 3.63) is 71.3 Å². The van der Waals surface area contributed by atoms with Crippen LogP contribution in [0.1, 0.15) is 29.5 Å². The second-order valence-corrected chi connectivity index (χ2v) is 13.0. The molecule has 280 valence electrons. The number of Topliss-reactive ketones (excluding diaryl/α,β-unsaturated/α-hetero) is 2. The summed E-state index contributed by atoms with van der Waals surface area (Å²) in [6.45, 7) is 2.86. The van der Waals surface area contributed by atoms with Gasteiger partial charge in [0.25, 0.3) is 0 Å². The molecule has 14 heteroatoms. The number of ether oxygens (including phenoxy) is 1. The van der Waals surface area contributed by atoms with Crippen molar-refractivity contribution in [2.75, 3.05) is 92.3 Å². The third-order valence-corrected chi connectivity index (χ3v) is 8.91. The summed E-state index contributed by atoms with van der Waals surface area (Å²) in [7, 11) is 1.52. The highest BCUT2D eigenvalue weighted by Crippen LogP contribution is 2.11. The molecule has 3 rings (SSSR count). The Labute approximate surface area is 299 Å². The lowest BCUT2D eigenvalue weighted by Gasteiger charge is -2.32. The third kappa shape index (κ3) is 17.1. The number of carbonyl (C=O) groups excluding carboxylic acids is 2. The van der Waals surface area contributed by atoms with Crippen LogP contribution in [0.5, 0.6) is 0 Å². The first kappa shape index (κ1) is 41.4. The van der Waals surface area contributed by atoms with Crippen molar-refractivity contribution >= 4 is 29.5 Å². The fourth-order valence-electron chi connectivity index (χ4n) is 6.04. The van der Waals surface area contributed by atoms with Gasteiger partial charge >= 0.3 is 17.9 Å². The van der Waals surface area contributed by atoms with Gasteiger partial charge in [0.05, 0.1) is 32.2 Å². The molecular formula is C37H53N5O9. The van der Waals surface area contributed by atoms with Gasteiger partial charge in [-0.15, -0.1) is 0 Å². The predicted molar refractivity (Wildman–Crippen MR) is 191 cm³/mol. The summed E-state index contributed by atoms with van der Waals surface area (Å²) in [6, 6.07) is 17.6. The highest BCUT2D eigenvalue weighted by Gasteiger charge is 2.21. The maximum Gasteiger partial charge on any atom is 0.317 e. The van der Waals surface area contributed by atoms with Crippen LogP contribution < -0.4 is 5.32 Å². The zero-order valence-electron chi connectivity index (χ0n) is 29.6. The van der Waals surface area contributed by atoms with Crippen molar-refractivity contribution in [1.82, 2.24) is 24.9 Å². The highest BCUT2D eigenvalue weighted by atomic mass is 16.5. The van der Waals surface area contributed by atoms with Crippen LogP contribution in [0.15, 0.2) is 54.6 Å². The van der Waals surface area contributed by atoms with E-state index in [2.05, 4.69) is 5.32 Å². The van der Waals surface area contributed by atoms with Crippen LogP contribution in [-0.2, 0) is 48.1 Å². The molecule has 1 aliphatic heterocycles. The molecule has 1 saturated heterocycles. The summed E-state index contributed by atoms with van der Waals surface area (Å²) in [4.78, 5) is 67.5. The molecule has 0 unspecified atom stereocenters. The van der Waals surface area contributed by atoms with Crippen LogP contribution in [0.25, 0.3) is 0 Å². The monoisotopic (exact) mass is 711 g/mol. The third-order valence-electron chi connectivity index (χ3n) is 8.91. The minimum atomic E-state index is -1.01. The van der Waals surface area contributed by atoms with Crippen LogP contribution >= 0.6 is 0 Å². The minimum Gasteiger partial charge on any atom is -0.480 e. The van der Waals surface area contributed by atoms with Crippen molar-refractivity contribution in [2.24, 2.45) is 0 Å². The molecule has 1 fully saturated rings. The van der Waals surface area contributed by atoms with Gasteiger partial charge in [-0.05, 0) is 36.0 Å². The van der Waals surface area contributed by atoms with E-state index in [1.54, 1.807) is 14.7 Å². The SMILES string of the molecule is COCC(=O)[C@@H](CCc1ccccc1)NCc1ccc(CCC(=O)CN2CCN(CC(=O)O)CCN(CC(=O)O)CCN(CC(=O)O)CC2)cc1. The number of aliphatic carboxylic acids is 3. The first-order chi connectivity index (χ1) is 24.5. The molecule has 4 N–H and O–H groups in total. The largest absolute Gasteiger partial charge is 0.480 e. The van der Waals surface area contributed by atoms with E-state index < -0.39 is 17.9 Å². The molecule has 1 heterocycles. The van der Waals surface area contributed by atoms with Crippen molar-refractivity contribution in [1.29, 1.82) is 0 Å². The maximum absolute atomic E-state index is 13.2. The van der Waals surface area contributed by atoms with Crippen LogP contribution in [-0.4, -0.2) is 163 Å². The Morgan fingerprint density at radius 2 is 1.06 bits per heavy atom. The van der Waals surface area contributed by atoms with Crippen LogP contribution in [0.4, 0.5) is 0 Å². The number of carboxylic acids is 3. The summed E-state index contributed by atoms with van der Waals surface area (Å²) >= 11 is 0. The molecule has 2 aromatic rings. The normalized spacial score (nSPS) is 16.5. The Hall–Kier alpha value is -4.05. The average Bonchev–Trinajstić information content (AvgIpc) is 3.09. The zero-order chi connectivity index (χ0) is 37.0. The Bertz CT molecular complexity index is 1360. The zero-order valence-corrected chi connectivity index (χ0v) is 29.6. The molecule has 14 nitrogen and oxygen atoms in total. The quantitative estimate of drug-likeness (QED) is 0.153. The first-order valence-electron chi connectivity index (χ1n) is 17.4. The fraction of sp³-hybridized carbons (Fsp3) is 0.541. The van der Waals surface area contributed by atoms with Gasteiger partial charge in [-0.1, -0.05) is 54.6 Å². The number of nitrogens with one attached hydrogen (secondary N) is 1. The Balaban J connectivity index is 1.55. The number of hydrogen-bond donors (Lipinski definition) is 4. The number of nitrogens with zero attached hydrogens (tertiary/aromatic N) is 4. The van der Waals surface area contributed by atoms with Gasteiger partial charge in [0.2, 0.25) is 0 Å². The standard InChI is InChI=1S/C37H53N5O9/c1-51-28-34(44)33(14-12-29-5-3-2-4-6-29)38-23-31-9-7-30(8-10-31)11-13-32(43)24-39-15-17-40(25-35(45)46)19-21-42(27-37(49)50)22-20-41(18-16-39)26-36(47)48/h2-10,33,38H,11-28H2,1H3,(H,45,46)(H,47,48)(H,49,50)/t33-/m1/s1. The van der Waals surface area contributed by atoms with Crippen molar-refractivity contribution in [3.63, 3.8) is 0 Å². The summed E-state index contributed by atoms with van der Waals surface area (Å²) in [5.74, 6) is -2.97. The lowest BCUT2D eigenvalue weighted by Crippen LogP contribution is -2.49. The topological polar surface area (TPSA) is 180 Å². The number of ketones is 2. The molecule has 51 heavy (non-hydrogen) atoms. The Morgan fingerprint density at radius 1 is 0.627 bits per heavy atom. The lowest BCUT2D eigenvalue weighted by atomic mass is 10.0. The van der Waals surface area contributed by atoms with E-state index in [1.165, 1.54) is 12.7 Å². The van der Waals surface area contributed by atoms with Crippen LogP contribution in [0.2, 0.25) is 0 Å². The molecular weight excluding hydrogens is 658 g/mol. The summed E-state index contributed by atoms with van der Waals surface area (Å²) < 4.78 is 5.10. The molecule has 1 atom stereocenters. The molecule has 0 spiro atoms. The number of benzene rings is 2. The molecule has 0 amide bonds. The molecule has 0 aliphatic carbocycles. The Kier molecular flexibility index (Phi) is 18.4. The molecule has 1 aliphatic rings. The van der Waals surface area contributed by atoms with Crippen molar-refractivity contribution in [3.8, 4) is 0 Å². The number of hydrogen-bond acceptors (Lipinski definition) is 11. The Morgan fingerprint density at radius 3 is 1.51 bits per heavy atom. The van der Waals surface area contributed by atoms with Gasteiger partial charge in [-0.3, -0.25) is 43.6 Å². The van der Waals surface area contributed by atoms with Crippen LogP contribution in [0.3, 0.4) is 0 Å². The number of carbonyl (C=O) groups is 5. The molecule has 2 aromatic carbocycles. The fourth-order valence-corrected chi connectivity index (χ4v) is 6.04. The number of methoxy groups -OCH3 is 1. The molecule has 0 bridgehead atoms. The van der Waals surface area contributed by atoms with Crippen molar-refractivity contribution in [2.45, 2.75) is 38.3 Å². The average molecular weight is 712 g/mol. The second-order valence-electron chi connectivity index (χ2n) is 13.0. The van der Waals surface area contributed by atoms with Crippen LogP contribution in [0, 0.1) is 0 Å². The smallest absolute Gasteiger partial charge is 0.317 e. The van der Waals surface area contributed by atoms with Gasteiger partial charge in [-0.25, -0.2) is 0 Å². The van der Waals surface area contributed by atoms with E-state index in [-0.39, 0.29) is 50.4 Å². The van der Waals surface area contributed by atoms with Crippen molar-refractivity contribution < 1.29 is 44.0 Å². The number of aryl methyl sites for hydroxylation is 2. The second kappa shape index (κ2) is 22.7.